The molecule has 1 fully saturated rings. The Morgan fingerprint density at radius 1 is 1.42 bits per heavy atom. The van der Waals surface area contributed by atoms with Gasteiger partial charge in [0.2, 0.25) is 10.0 Å². The fraction of sp³-hybridized carbons (Fsp3) is 0.385. The van der Waals surface area contributed by atoms with Crippen LogP contribution < -0.4 is 0 Å². The van der Waals surface area contributed by atoms with E-state index in [9.17, 15) is 13.2 Å². The Kier molecular flexibility index (Phi) is 3.69. The number of Topliss-reactive ketones (excluding diaryl/α,β-unsaturated/α-hetero) is 1. The number of hydrogen-bond acceptors (Lipinski definition) is 4. The van der Waals surface area contributed by atoms with Gasteiger partial charge in [-0.05, 0) is 18.2 Å². The molecule has 1 heterocycles. The van der Waals surface area contributed by atoms with Gasteiger partial charge in [-0.15, -0.1) is 0 Å². The van der Waals surface area contributed by atoms with E-state index >= 15 is 0 Å². The van der Waals surface area contributed by atoms with E-state index in [0.717, 1.165) is 0 Å². The van der Waals surface area contributed by atoms with Crippen LogP contribution in [0, 0.1) is 17.2 Å². The second-order valence-corrected chi connectivity index (χ2v) is 6.56. The summed E-state index contributed by atoms with van der Waals surface area (Å²) in [6, 6.07) is 7.85. The molecule has 5 nitrogen and oxygen atoms in total. The number of rotatable bonds is 2. The highest BCUT2D eigenvalue weighted by molar-refractivity contribution is 7.89. The summed E-state index contributed by atoms with van der Waals surface area (Å²) in [5.74, 6) is -0.181. The fourth-order valence-corrected chi connectivity index (χ4v) is 3.65. The molecule has 0 radical (unpaired) electrons. The van der Waals surface area contributed by atoms with Crippen LogP contribution in [0.15, 0.2) is 29.2 Å². The Morgan fingerprint density at radius 3 is 2.79 bits per heavy atom. The molecule has 1 aromatic carbocycles. The first-order valence-corrected chi connectivity index (χ1v) is 7.42. The van der Waals surface area contributed by atoms with E-state index in [2.05, 4.69) is 0 Å². The van der Waals surface area contributed by atoms with E-state index in [4.69, 9.17) is 5.26 Å². The Hall–Kier alpha value is -1.71. The van der Waals surface area contributed by atoms with Gasteiger partial charge in [-0.3, -0.25) is 4.79 Å². The SMILES string of the molecule is CC1CN(S(=O)(=O)c2cccc(C#N)c2)CCC1=O. The maximum absolute atomic E-state index is 12.4. The lowest BCUT2D eigenvalue weighted by Crippen LogP contribution is -2.43. The number of benzene rings is 1. The van der Waals surface area contributed by atoms with E-state index in [1.807, 2.05) is 6.07 Å². The molecule has 2 rings (SSSR count). The van der Waals surface area contributed by atoms with Crippen molar-refractivity contribution in [3.8, 4) is 6.07 Å². The molecule has 1 aromatic rings. The highest BCUT2D eigenvalue weighted by Crippen LogP contribution is 2.22. The van der Waals surface area contributed by atoms with Crippen molar-refractivity contribution in [2.45, 2.75) is 18.2 Å². The first-order valence-electron chi connectivity index (χ1n) is 5.98. The largest absolute Gasteiger partial charge is 0.299 e. The van der Waals surface area contributed by atoms with Gasteiger partial charge in [-0.1, -0.05) is 13.0 Å². The third-order valence-electron chi connectivity index (χ3n) is 3.24. The molecule has 0 N–H and O–H groups in total. The minimum absolute atomic E-state index is 0.0947. The van der Waals surface area contributed by atoms with Crippen LogP contribution >= 0.6 is 0 Å². The van der Waals surface area contributed by atoms with E-state index in [1.54, 1.807) is 19.1 Å². The van der Waals surface area contributed by atoms with Crippen molar-refractivity contribution in [3.05, 3.63) is 29.8 Å². The quantitative estimate of drug-likeness (QED) is 0.813. The average Bonchev–Trinajstić information content (AvgIpc) is 2.41. The van der Waals surface area contributed by atoms with Crippen molar-refractivity contribution in [1.82, 2.24) is 4.31 Å². The van der Waals surface area contributed by atoms with Gasteiger partial charge in [0.25, 0.3) is 0 Å². The summed E-state index contributed by atoms with van der Waals surface area (Å²) in [7, 11) is -3.62. The summed E-state index contributed by atoms with van der Waals surface area (Å²) in [5.41, 5.74) is 0.308. The van der Waals surface area contributed by atoms with Crippen LogP contribution in [0.5, 0.6) is 0 Å². The first-order chi connectivity index (χ1) is 8.95. The molecule has 0 bridgehead atoms. The normalized spacial score (nSPS) is 21.1. The van der Waals surface area contributed by atoms with Gasteiger partial charge in [-0.2, -0.15) is 9.57 Å². The molecule has 100 valence electrons. The molecule has 1 unspecified atom stereocenters. The maximum Gasteiger partial charge on any atom is 0.243 e. The second-order valence-electron chi connectivity index (χ2n) is 4.62. The van der Waals surface area contributed by atoms with Crippen LogP contribution in [0.25, 0.3) is 0 Å². The molecule has 1 atom stereocenters. The van der Waals surface area contributed by atoms with Crippen molar-refractivity contribution in [2.24, 2.45) is 5.92 Å². The Labute approximate surface area is 112 Å². The molecule has 1 aliphatic rings. The Balaban J connectivity index is 2.32. The molecule has 0 amide bonds. The van der Waals surface area contributed by atoms with Crippen LogP contribution in [0.3, 0.4) is 0 Å². The summed E-state index contributed by atoms with van der Waals surface area (Å²) in [4.78, 5) is 11.5. The van der Waals surface area contributed by atoms with E-state index < -0.39 is 10.0 Å². The van der Waals surface area contributed by atoms with Gasteiger partial charge in [0, 0.05) is 25.4 Å². The lowest BCUT2D eigenvalue weighted by Gasteiger charge is -2.29. The molecular weight excluding hydrogens is 264 g/mol. The molecular formula is C13H14N2O3S. The number of sulfonamides is 1. The fourth-order valence-electron chi connectivity index (χ4n) is 2.07. The molecule has 0 spiro atoms. The van der Waals surface area contributed by atoms with Crippen molar-refractivity contribution in [3.63, 3.8) is 0 Å². The topological polar surface area (TPSA) is 78.2 Å². The summed E-state index contributed by atoms with van der Waals surface area (Å²) >= 11 is 0. The monoisotopic (exact) mass is 278 g/mol. The minimum Gasteiger partial charge on any atom is -0.299 e. The van der Waals surface area contributed by atoms with Crippen LogP contribution in [0.4, 0.5) is 0 Å². The number of carbonyl (C=O) groups is 1. The van der Waals surface area contributed by atoms with Crippen molar-refractivity contribution < 1.29 is 13.2 Å². The van der Waals surface area contributed by atoms with Gasteiger partial charge in [0.05, 0.1) is 16.5 Å². The minimum atomic E-state index is -3.62. The standard InChI is InChI=1S/C13H14N2O3S/c1-10-9-15(6-5-13(10)16)19(17,18)12-4-2-3-11(7-12)8-14/h2-4,7,10H,5-6,9H2,1H3. The molecule has 19 heavy (non-hydrogen) atoms. The van der Waals surface area contributed by atoms with Crippen LogP contribution in [0.1, 0.15) is 18.9 Å². The number of piperidine rings is 1. The van der Waals surface area contributed by atoms with Crippen LogP contribution in [-0.4, -0.2) is 31.6 Å². The lowest BCUT2D eigenvalue weighted by atomic mass is 10.0. The Morgan fingerprint density at radius 2 is 2.16 bits per heavy atom. The molecule has 0 saturated carbocycles. The van der Waals surface area contributed by atoms with Crippen molar-refractivity contribution >= 4 is 15.8 Å². The number of nitrogens with zero attached hydrogens (tertiary/aromatic N) is 2. The molecule has 0 aromatic heterocycles. The van der Waals surface area contributed by atoms with Crippen LogP contribution in [0.2, 0.25) is 0 Å². The molecule has 1 saturated heterocycles. The summed E-state index contributed by atoms with van der Waals surface area (Å²) < 4.78 is 26.1. The van der Waals surface area contributed by atoms with Crippen LogP contribution in [-0.2, 0) is 14.8 Å². The second kappa shape index (κ2) is 5.11. The van der Waals surface area contributed by atoms with Gasteiger partial charge in [-0.25, -0.2) is 8.42 Å². The summed E-state index contributed by atoms with van der Waals surface area (Å²) in [6.07, 6.45) is 0.248. The highest BCUT2D eigenvalue weighted by atomic mass is 32.2. The molecule has 1 aliphatic heterocycles. The first kappa shape index (κ1) is 13.7. The smallest absolute Gasteiger partial charge is 0.243 e. The van der Waals surface area contributed by atoms with Gasteiger partial charge in [0.15, 0.2) is 0 Å². The Bertz CT molecular complexity index is 646. The summed E-state index contributed by atoms with van der Waals surface area (Å²) in [5, 5.41) is 8.81. The average molecular weight is 278 g/mol. The van der Waals surface area contributed by atoms with E-state index in [1.165, 1.54) is 16.4 Å². The van der Waals surface area contributed by atoms with Gasteiger partial charge < -0.3 is 0 Å². The number of hydrogen-bond donors (Lipinski definition) is 0. The van der Waals surface area contributed by atoms with Gasteiger partial charge >= 0.3 is 0 Å². The zero-order valence-electron chi connectivity index (χ0n) is 10.5. The van der Waals surface area contributed by atoms with Gasteiger partial charge in [0.1, 0.15) is 5.78 Å². The third-order valence-corrected chi connectivity index (χ3v) is 5.10. The molecule has 0 aliphatic carbocycles. The zero-order chi connectivity index (χ0) is 14.0. The number of nitriles is 1. The summed E-state index contributed by atoms with van der Waals surface area (Å²) in [6.45, 7) is 2.15. The lowest BCUT2D eigenvalue weighted by molar-refractivity contribution is -0.124. The van der Waals surface area contributed by atoms with Crippen molar-refractivity contribution in [2.75, 3.05) is 13.1 Å². The number of carbonyl (C=O) groups excluding carboxylic acids is 1. The third kappa shape index (κ3) is 2.67. The van der Waals surface area contributed by atoms with E-state index in [0.29, 0.717) is 5.56 Å². The zero-order valence-corrected chi connectivity index (χ0v) is 11.4. The predicted octanol–water partition coefficient (Wildman–Crippen LogP) is 1.16. The van der Waals surface area contributed by atoms with Crippen molar-refractivity contribution in [1.29, 1.82) is 5.26 Å². The maximum atomic E-state index is 12.4. The highest BCUT2D eigenvalue weighted by Gasteiger charge is 2.32. The number of ketones is 1. The van der Waals surface area contributed by atoms with E-state index in [-0.39, 0.29) is 36.1 Å². The predicted molar refractivity (Wildman–Crippen MR) is 68.7 cm³/mol. The molecule has 6 heteroatoms.